The second-order valence-corrected chi connectivity index (χ2v) is 5.28. The van der Waals surface area contributed by atoms with Gasteiger partial charge in [-0.2, -0.15) is 0 Å². The normalized spacial score (nSPS) is 16.6. The van der Waals surface area contributed by atoms with Gasteiger partial charge < -0.3 is 10.1 Å². The molecular weight excluding hydrogens is 246 g/mol. The zero-order valence-electron chi connectivity index (χ0n) is 11.9. The number of benzene rings is 2. The number of rotatable bonds is 4. The molecule has 2 aromatic carbocycles. The first-order valence-electron chi connectivity index (χ1n) is 7.35. The molecule has 0 saturated heterocycles. The molecule has 0 spiro atoms. The molecule has 0 bridgehead atoms. The summed E-state index contributed by atoms with van der Waals surface area (Å²) < 4.78 is 5.81. The van der Waals surface area contributed by atoms with Gasteiger partial charge in [0, 0.05) is 0 Å². The Morgan fingerprint density at radius 1 is 1.15 bits per heavy atom. The van der Waals surface area contributed by atoms with Gasteiger partial charge in [-0.25, -0.2) is 0 Å². The van der Waals surface area contributed by atoms with Crippen molar-refractivity contribution in [2.24, 2.45) is 0 Å². The summed E-state index contributed by atoms with van der Waals surface area (Å²) in [6, 6.07) is 15.4. The van der Waals surface area contributed by atoms with Crippen LogP contribution in [0.1, 0.15) is 18.4 Å². The van der Waals surface area contributed by atoms with E-state index in [1.807, 2.05) is 7.05 Å². The van der Waals surface area contributed by atoms with Crippen molar-refractivity contribution in [2.75, 3.05) is 13.7 Å². The Hall–Kier alpha value is -1.80. The van der Waals surface area contributed by atoms with Crippen LogP contribution in [0.25, 0.3) is 10.8 Å². The SMILES string of the molecule is CNC(Cc1cccc2ccccc12)C1=CCCCO1. The highest BCUT2D eigenvalue weighted by Crippen LogP contribution is 2.23. The van der Waals surface area contributed by atoms with Gasteiger partial charge in [-0.15, -0.1) is 0 Å². The molecule has 0 aliphatic carbocycles. The quantitative estimate of drug-likeness (QED) is 0.912. The Bertz CT molecular complexity index is 612. The predicted molar refractivity (Wildman–Crippen MR) is 83.8 cm³/mol. The maximum atomic E-state index is 5.81. The van der Waals surface area contributed by atoms with E-state index in [9.17, 15) is 0 Å². The van der Waals surface area contributed by atoms with Gasteiger partial charge in [-0.1, -0.05) is 42.5 Å². The van der Waals surface area contributed by atoms with E-state index in [1.165, 1.54) is 16.3 Å². The smallest absolute Gasteiger partial charge is 0.109 e. The van der Waals surface area contributed by atoms with Gasteiger partial charge in [-0.3, -0.25) is 0 Å². The van der Waals surface area contributed by atoms with Crippen LogP contribution in [0.4, 0.5) is 0 Å². The van der Waals surface area contributed by atoms with Crippen molar-refractivity contribution in [3.05, 3.63) is 59.9 Å². The third kappa shape index (κ3) is 2.70. The van der Waals surface area contributed by atoms with E-state index in [2.05, 4.69) is 53.9 Å². The molecule has 3 rings (SSSR count). The molecule has 2 aromatic rings. The molecule has 1 N–H and O–H groups in total. The molecule has 20 heavy (non-hydrogen) atoms. The number of nitrogens with one attached hydrogen (secondary N) is 1. The number of fused-ring (bicyclic) bond motifs is 1. The second-order valence-electron chi connectivity index (χ2n) is 5.28. The summed E-state index contributed by atoms with van der Waals surface area (Å²) in [5.41, 5.74) is 1.37. The van der Waals surface area contributed by atoms with E-state index in [-0.39, 0.29) is 6.04 Å². The van der Waals surface area contributed by atoms with E-state index < -0.39 is 0 Å². The molecule has 0 fully saturated rings. The predicted octanol–water partition coefficient (Wildman–Crippen LogP) is 3.66. The average Bonchev–Trinajstić information content (AvgIpc) is 2.53. The zero-order chi connectivity index (χ0) is 13.8. The number of allylic oxidation sites excluding steroid dienone is 1. The number of ether oxygens (including phenoxy) is 1. The molecule has 2 nitrogen and oxygen atoms in total. The third-order valence-corrected chi connectivity index (χ3v) is 3.96. The summed E-state index contributed by atoms with van der Waals surface area (Å²) in [4.78, 5) is 0. The standard InChI is InChI=1S/C18H21NO/c1-19-17(18-11-4-5-12-20-18)13-15-9-6-8-14-7-2-3-10-16(14)15/h2-3,6-11,17,19H,4-5,12-13H2,1H3. The largest absolute Gasteiger partial charge is 0.497 e. The van der Waals surface area contributed by atoms with Gasteiger partial charge in [0.25, 0.3) is 0 Å². The lowest BCUT2D eigenvalue weighted by molar-refractivity contribution is 0.169. The van der Waals surface area contributed by atoms with Crippen molar-refractivity contribution in [1.29, 1.82) is 0 Å². The van der Waals surface area contributed by atoms with Crippen LogP contribution in [-0.2, 0) is 11.2 Å². The Balaban J connectivity index is 1.89. The second kappa shape index (κ2) is 6.10. The Morgan fingerprint density at radius 3 is 2.80 bits per heavy atom. The molecule has 0 aromatic heterocycles. The molecule has 1 aliphatic rings. The summed E-state index contributed by atoms with van der Waals surface area (Å²) in [5, 5.41) is 6.04. The monoisotopic (exact) mass is 267 g/mol. The van der Waals surface area contributed by atoms with Crippen molar-refractivity contribution < 1.29 is 4.74 Å². The maximum absolute atomic E-state index is 5.81. The minimum Gasteiger partial charge on any atom is -0.497 e. The fraction of sp³-hybridized carbons (Fsp3) is 0.333. The third-order valence-electron chi connectivity index (χ3n) is 3.96. The molecule has 1 aliphatic heterocycles. The summed E-state index contributed by atoms with van der Waals surface area (Å²) >= 11 is 0. The lowest BCUT2D eigenvalue weighted by Crippen LogP contribution is -2.32. The first kappa shape index (κ1) is 13.2. The van der Waals surface area contributed by atoms with E-state index >= 15 is 0 Å². The highest BCUT2D eigenvalue weighted by Gasteiger charge is 2.17. The first-order chi connectivity index (χ1) is 9.88. The minimum absolute atomic E-state index is 0.265. The fourth-order valence-electron chi connectivity index (χ4n) is 2.85. The molecule has 104 valence electrons. The topological polar surface area (TPSA) is 21.3 Å². The van der Waals surface area contributed by atoms with E-state index in [0.29, 0.717) is 0 Å². The zero-order valence-corrected chi connectivity index (χ0v) is 11.9. The van der Waals surface area contributed by atoms with Crippen molar-refractivity contribution in [2.45, 2.75) is 25.3 Å². The Morgan fingerprint density at radius 2 is 2.00 bits per heavy atom. The lowest BCUT2D eigenvalue weighted by atomic mass is 9.97. The number of hydrogen-bond acceptors (Lipinski definition) is 2. The molecule has 0 saturated carbocycles. The Kier molecular flexibility index (Phi) is 4.03. The van der Waals surface area contributed by atoms with Crippen molar-refractivity contribution >= 4 is 10.8 Å². The summed E-state index contributed by atoms with van der Waals surface area (Å²) in [5.74, 6) is 1.10. The maximum Gasteiger partial charge on any atom is 0.109 e. The Labute approximate surface area is 120 Å². The van der Waals surface area contributed by atoms with E-state index in [1.54, 1.807) is 0 Å². The molecule has 1 heterocycles. The van der Waals surface area contributed by atoms with E-state index in [4.69, 9.17) is 4.74 Å². The van der Waals surface area contributed by atoms with Crippen molar-refractivity contribution in [3.8, 4) is 0 Å². The first-order valence-corrected chi connectivity index (χ1v) is 7.35. The van der Waals surface area contributed by atoms with Gasteiger partial charge in [0.05, 0.1) is 12.6 Å². The molecule has 1 atom stereocenters. The highest BCUT2D eigenvalue weighted by atomic mass is 16.5. The van der Waals surface area contributed by atoms with Gasteiger partial charge in [0.2, 0.25) is 0 Å². The molecule has 0 radical (unpaired) electrons. The van der Waals surface area contributed by atoms with Crippen LogP contribution in [0.3, 0.4) is 0 Å². The van der Waals surface area contributed by atoms with Crippen LogP contribution in [0.15, 0.2) is 54.3 Å². The number of likely N-dealkylation sites (N-methyl/N-ethyl adjacent to an activating group) is 1. The van der Waals surface area contributed by atoms with Gasteiger partial charge in [0.15, 0.2) is 0 Å². The fourth-order valence-corrected chi connectivity index (χ4v) is 2.85. The summed E-state index contributed by atoms with van der Waals surface area (Å²) in [6.45, 7) is 0.847. The van der Waals surface area contributed by atoms with Crippen LogP contribution < -0.4 is 5.32 Å². The van der Waals surface area contributed by atoms with Gasteiger partial charge in [-0.05, 0) is 48.7 Å². The number of hydrogen-bond donors (Lipinski definition) is 1. The van der Waals surface area contributed by atoms with E-state index in [0.717, 1.165) is 31.6 Å². The molecule has 1 unspecified atom stereocenters. The molecule has 2 heteroatoms. The summed E-state index contributed by atoms with van der Waals surface area (Å²) in [7, 11) is 2.01. The molecule has 0 amide bonds. The average molecular weight is 267 g/mol. The van der Waals surface area contributed by atoms with Crippen molar-refractivity contribution in [1.82, 2.24) is 5.32 Å². The van der Waals surface area contributed by atoms with Crippen LogP contribution in [0.2, 0.25) is 0 Å². The van der Waals surface area contributed by atoms with Gasteiger partial charge >= 0.3 is 0 Å². The minimum atomic E-state index is 0.265. The van der Waals surface area contributed by atoms with Gasteiger partial charge in [0.1, 0.15) is 5.76 Å². The summed E-state index contributed by atoms with van der Waals surface area (Å²) in [6.07, 6.45) is 5.46. The lowest BCUT2D eigenvalue weighted by Gasteiger charge is -2.24. The van der Waals surface area contributed by atoms with Crippen LogP contribution >= 0.6 is 0 Å². The van der Waals surface area contributed by atoms with Crippen LogP contribution in [0.5, 0.6) is 0 Å². The van der Waals surface area contributed by atoms with Crippen LogP contribution in [0, 0.1) is 0 Å². The van der Waals surface area contributed by atoms with Crippen molar-refractivity contribution in [3.63, 3.8) is 0 Å². The van der Waals surface area contributed by atoms with Crippen LogP contribution in [-0.4, -0.2) is 19.7 Å². The molecular formula is C18H21NO. The highest BCUT2D eigenvalue weighted by molar-refractivity contribution is 5.85.